The molecule has 0 bridgehead atoms. The average Bonchev–Trinajstić information content (AvgIpc) is 2.53. The van der Waals surface area contributed by atoms with E-state index in [1.807, 2.05) is 0 Å². The van der Waals surface area contributed by atoms with E-state index in [-0.39, 0.29) is 30.8 Å². The summed E-state index contributed by atoms with van der Waals surface area (Å²) >= 11 is 0. The molecule has 0 fully saturated rings. The van der Waals surface area contributed by atoms with Crippen LogP contribution in [0.2, 0.25) is 0 Å². The van der Waals surface area contributed by atoms with Crippen LogP contribution in [0.1, 0.15) is 23.2 Å². The Morgan fingerprint density at radius 2 is 2.09 bits per heavy atom. The highest BCUT2D eigenvalue weighted by atomic mass is 16.9. The molecule has 0 radical (unpaired) electrons. The van der Waals surface area contributed by atoms with E-state index in [4.69, 9.17) is 14.7 Å². The van der Waals surface area contributed by atoms with Crippen LogP contribution in [0, 0.1) is 4.91 Å². The number of ether oxygens (including phenoxy) is 1. The topological polar surface area (TPSA) is 133 Å². The maximum Gasteiger partial charge on any atom is 0.339 e. The minimum absolute atomic E-state index is 0.0618. The molecular weight excluding hydrogens is 312 g/mol. The van der Waals surface area contributed by atoms with E-state index in [0.29, 0.717) is 0 Å². The van der Waals surface area contributed by atoms with Gasteiger partial charge in [-0.3, -0.25) is 14.5 Å². The number of benzene rings is 1. The fourth-order valence-electron chi connectivity index (χ4n) is 1.60. The molecule has 10 heteroatoms. The van der Waals surface area contributed by atoms with Gasteiger partial charge < -0.3 is 14.7 Å². The first-order valence-electron chi connectivity index (χ1n) is 6.49. The predicted molar refractivity (Wildman–Crippen MR) is 75.0 cm³/mol. The molecule has 0 amide bonds. The minimum atomic E-state index is -1.21. The van der Waals surface area contributed by atoms with Crippen molar-refractivity contribution >= 4 is 11.9 Å². The number of carboxylic acids is 1. The zero-order valence-electron chi connectivity index (χ0n) is 12.3. The van der Waals surface area contributed by atoms with Crippen molar-refractivity contribution in [2.45, 2.75) is 18.9 Å². The van der Waals surface area contributed by atoms with Crippen molar-refractivity contribution in [3.05, 3.63) is 34.7 Å². The van der Waals surface area contributed by atoms with Crippen LogP contribution in [0.5, 0.6) is 5.75 Å². The van der Waals surface area contributed by atoms with Gasteiger partial charge in [-0.25, -0.2) is 4.79 Å². The van der Waals surface area contributed by atoms with Crippen LogP contribution in [0.15, 0.2) is 29.6 Å². The van der Waals surface area contributed by atoms with Crippen LogP contribution in [0.4, 0.5) is 0 Å². The van der Waals surface area contributed by atoms with Crippen molar-refractivity contribution in [3.63, 3.8) is 0 Å². The monoisotopic (exact) mass is 328 g/mol. The lowest BCUT2D eigenvalue weighted by molar-refractivity contribution is -0.174. The van der Waals surface area contributed by atoms with Gasteiger partial charge in [-0.15, -0.1) is 4.91 Å². The summed E-state index contributed by atoms with van der Waals surface area (Å²) in [5.74, 6) is -1.95. The molecule has 0 spiro atoms. The van der Waals surface area contributed by atoms with Gasteiger partial charge in [-0.2, -0.15) is 0 Å². The minimum Gasteiger partial charge on any atom is -0.478 e. The zero-order chi connectivity index (χ0) is 17.1. The summed E-state index contributed by atoms with van der Waals surface area (Å²) in [4.78, 5) is 46.6. The number of hydrogen-bond donors (Lipinski definition) is 2. The summed E-state index contributed by atoms with van der Waals surface area (Å²) in [7, 11) is 1.32. The smallest absolute Gasteiger partial charge is 0.339 e. The van der Waals surface area contributed by atoms with E-state index >= 15 is 0 Å². The molecule has 1 aromatic rings. The second-order valence-corrected chi connectivity index (χ2v) is 4.21. The molecule has 0 aliphatic heterocycles. The molecule has 10 nitrogen and oxygen atoms in total. The molecule has 0 aliphatic carbocycles. The van der Waals surface area contributed by atoms with Crippen molar-refractivity contribution in [1.82, 2.24) is 5.64 Å². The molecule has 0 saturated heterocycles. The maximum atomic E-state index is 11.8. The Kier molecular flexibility index (Phi) is 8.21. The van der Waals surface area contributed by atoms with Gasteiger partial charge in [-0.05, 0) is 18.6 Å². The summed E-state index contributed by atoms with van der Waals surface area (Å²) < 4.78 is 5.00. The summed E-state index contributed by atoms with van der Waals surface area (Å²) in [6.07, 6.45) is -0.854. The number of carboxylic acid groups (broad SMARTS) is 1. The van der Waals surface area contributed by atoms with E-state index in [0.717, 1.165) is 0 Å². The second-order valence-electron chi connectivity index (χ2n) is 4.21. The van der Waals surface area contributed by atoms with E-state index in [2.05, 4.69) is 20.7 Å². The normalized spacial score (nSPS) is 11.5. The van der Waals surface area contributed by atoms with Crippen LogP contribution in [-0.4, -0.2) is 36.9 Å². The van der Waals surface area contributed by atoms with Gasteiger partial charge in [0.2, 0.25) is 0 Å². The van der Waals surface area contributed by atoms with Gasteiger partial charge in [-0.1, -0.05) is 17.8 Å². The van der Waals surface area contributed by atoms with Crippen molar-refractivity contribution in [2.75, 3.05) is 13.7 Å². The molecule has 1 rings (SSSR count). The summed E-state index contributed by atoms with van der Waals surface area (Å²) in [6.45, 7) is -0.0986. The first-order chi connectivity index (χ1) is 11.1. The first-order valence-corrected chi connectivity index (χ1v) is 6.49. The number of para-hydroxylation sites is 1. The van der Waals surface area contributed by atoms with E-state index in [1.54, 1.807) is 6.07 Å². The third-order valence-electron chi connectivity index (χ3n) is 2.62. The number of nitrogens with zero attached hydrogens (tertiary/aromatic N) is 1. The highest BCUT2D eigenvalue weighted by Crippen LogP contribution is 2.19. The van der Waals surface area contributed by atoms with Gasteiger partial charge in [0.05, 0.1) is 7.11 Å². The Bertz CT molecular complexity index is 536. The van der Waals surface area contributed by atoms with Crippen molar-refractivity contribution in [3.8, 4) is 5.75 Å². The quantitative estimate of drug-likeness (QED) is 0.202. The average molecular weight is 328 g/mol. The van der Waals surface area contributed by atoms with Gasteiger partial charge in [0.1, 0.15) is 17.9 Å². The van der Waals surface area contributed by atoms with Gasteiger partial charge in [0.15, 0.2) is 11.4 Å². The largest absolute Gasteiger partial charge is 0.478 e. The van der Waals surface area contributed by atoms with Gasteiger partial charge in [0.25, 0.3) is 0 Å². The maximum absolute atomic E-state index is 11.8. The summed E-state index contributed by atoms with van der Waals surface area (Å²) in [5.41, 5.74) is 1.95. The Balaban J connectivity index is 2.52. The Morgan fingerprint density at radius 1 is 1.35 bits per heavy atom. The standard InChI is InChI=1S/C13H16N2O8/c1-20-15-21-8-9(23-14-19)6-7-12(16)22-11-5-3-2-4-10(11)13(17)18/h2-5,9,15H,6-8H2,1H3,(H,17,18). The van der Waals surface area contributed by atoms with Crippen LogP contribution in [0.3, 0.4) is 0 Å². The first kappa shape index (κ1) is 18.5. The third-order valence-corrected chi connectivity index (χ3v) is 2.62. The van der Waals surface area contributed by atoms with Gasteiger partial charge >= 0.3 is 11.9 Å². The predicted octanol–water partition coefficient (Wildman–Crippen LogP) is 1.22. The highest BCUT2D eigenvalue weighted by molar-refractivity contribution is 5.91. The molecule has 126 valence electrons. The molecule has 1 unspecified atom stereocenters. The lowest BCUT2D eigenvalue weighted by Gasteiger charge is -2.13. The van der Waals surface area contributed by atoms with Crippen LogP contribution in [-0.2, 0) is 19.3 Å². The Hall–Kier alpha value is -2.56. The molecule has 0 heterocycles. The van der Waals surface area contributed by atoms with Crippen molar-refractivity contribution in [2.24, 2.45) is 5.34 Å². The number of rotatable bonds is 11. The molecule has 0 aromatic heterocycles. The SMILES string of the molecule is CONOCC(CCC(=O)Oc1ccccc1C(=O)O)ON=O. The number of carbonyl (C=O) groups is 2. The zero-order valence-corrected chi connectivity index (χ0v) is 12.3. The molecular formula is C13H16N2O8. The van der Waals surface area contributed by atoms with E-state index in [9.17, 15) is 14.5 Å². The molecule has 2 N–H and O–H groups in total. The Morgan fingerprint density at radius 3 is 2.74 bits per heavy atom. The Labute approximate surface area is 131 Å². The lowest BCUT2D eigenvalue weighted by Crippen LogP contribution is -2.25. The molecule has 0 saturated carbocycles. The van der Waals surface area contributed by atoms with Crippen molar-refractivity contribution in [1.29, 1.82) is 0 Å². The fourth-order valence-corrected chi connectivity index (χ4v) is 1.60. The number of hydrogen-bond acceptors (Lipinski definition) is 9. The summed E-state index contributed by atoms with van der Waals surface area (Å²) in [6, 6.07) is 5.74. The molecule has 1 atom stereocenters. The molecule has 0 aliphatic rings. The molecule has 1 aromatic carbocycles. The third kappa shape index (κ3) is 6.82. The second kappa shape index (κ2) is 10.2. The van der Waals surface area contributed by atoms with Gasteiger partial charge in [0, 0.05) is 6.42 Å². The number of esters is 1. The lowest BCUT2D eigenvalue weighted by atomic mass is 10.2. The number of aromatic carboxylic acids is 1. The number of carbonyl (C=O) groups excluding carboxylic acids is 1. The summed E-state index contributed by atoms with van der Waals surface area (Å²) in [5, 5.41) is 11.3. The van der Waals surface area contributed by atoms with Crippen LogP contribution >= 0.6 is 0 Å². The van der Waals surface area contributed by atoms with Crippen LogP contribution in [0.25, 0.3) is 0 Å². The highest BCUT2D eigenvalue weighted by Gasteiger charge is 2.17. The van der Waals surface area contributed by atoms with E-state index < -0.39 is 18.0 Å². The van der Waals surface area contributed by atoms with Crippen LogP contribution < -0.4 is 10.4 Å². The van der Waals surface area contributed by atoms with Crippen molar-refractivity contribution < 1.29 is 33.9 Å². The molecule has 23 heavy (non-hydrogen) atoms. The van der Waals surface area contributed by atoms with E-state index in [1.165, 1.54) is 25.3 Å². The fraction of sp³-hybridized carbons (Fsp3) is 0.385. The number of nitrogens with one attached hydrogen (secondary N) is 1.